The molecule has 0 aliphatic carbocycles. The summed E-state index contributed by atoms with van der Waals surface area (Å²) in [6.07, 6.45) is -0.629. The van der Waals surface area contributed by atoms with Gasteiger partial charge in [0.25, 0.3) is 6.43 Å². The molecule has 178 valence electrons. The largest absolute Gasteiger partial charge is 0.489 e. The predicted octanol–water partition coefficient (Wildman–Crippen LogP) is 3.24. The molecular formula is C22H25ClF2N4O4. The van der Waals surface area contributed by atoms with Crippen LogP contribution in [0.15, 0.2) is 30.6 Å². The molecule has 11 heteroatoms. The van der Waals surface area contributed by atoms with E-state index in [9.17, 15) is 18.4 Å². The number of carbonyl (C=O) groups is 2. The lowest BCUT2D eigenvalue weighted by Gasteiger charge is -2.20. The number of nitrogens with one attached hydrogen (secondary N) is 1. The molecule has 1 fully saturated rings. The van der Waals surface area contributed by atoms with Gasteiger partial charge in [0.15, 0.2) is 11.6 Å². The van der Waals surface area contributed by atoms with Crippen LogP contribution < -0.4 is 19.7 Å². The Kier molecular flexibility index (Phi) is 8.37. The molecule has 3 rings (SSSR count). The van der Waals surface area contributed by atoms with Crippen molar-refractivity contribution in [2.45, 2.75) is 38.7 Å². The van der Waals surface area contributed by atoms with Crippen LogP contribution in [-0.4, -0.2) is 60.4 Å². The molecule has 0 saturated carbocycles. The minimum atomic E-state index is -2.58. The van der Waals surface area contributed by atoms with Gasteiger partial charge < -0.3 is 19.7 Å². The molecule has 2 atom stereocenters. The Labute approximate surface area is 195 Å². The number of amides is 1. The molecule has 0 spiro atoms. The molecule has 2 aromatic rings. The Hall–Kier alpha value is -3.01. The fraction of sp³-hybridized carbons (Fsp3) is 0.455. The van der Waals surface area contributed by atoms with Crippen molar-refractivity contribution >= 4 is 29.1 Å². The number of Topliss-reactive ketones (excluding diaryl/α,β-unsaturated/α-hetero) is 1. The molecule has 1 saturated heterocycles. The van der Waals surface area contributed by atoms with Crippen LogP contribution in [0.3, 0.4) is 0 Å². The van der Waals surface area contributed by atoms with Gasteiger partial charge in [-0.15, -0.1) is 0 Å². The third-order valence-corrected chi connectivity index (χ3v) is 5.43. The molecule has 1 amide bonds. The third-order valence-electron chi connectivity index (χ3n) is 5.10. The van der Waals surface area contributed by atoms with E-state index in [4.69, 9.17) is 21.1 Å². The summed E-state index contributed by atoms with van der Waals surface area (Å²) >= 11 is 6.37. The predicted molar refractivity (Wildman–Crippen MR) is 118 cm³/mol. The number of halogens is 3. The summed E-state index contributed by atoms with van der Waals surface area (Å²) in [6, 6.07) is 6.99. The fourth-order valence-corrected chi connectivity index (χ4v) is 3.63. The maximum Gasteiger partial charge on any atom is 0.255 e. The van der Waals surface area contributed by atoms with Crippen LogP contribution in [0.2, 0.25) is 5.02 Å². The molecule has 1 aromatic heterocycles. The second-order valence-electron chi connectivity index (χ2n) is 7.71. The average molecular weight is 483 g/mol. The lowest BCUT2D eigenvalue weighted by molar-refractivity contribution is -0.123. The van der Waals surface area contributed by atoms with Crippen molar-refractivity contribution in [1.29, 1.82) is 0 Å². The lowest BCUT2D eigenvalue weighted by atomic mass is 10.0. The first kappa shape index (κ1) is 24.6. The highest BCUT2D eigenvalue weighted by atomic mass is 35.5. The number of ether oxygens (including phenoxy) is 2. The molecule has 2 heterocycles. The zero-order chi connectivity index (χ0) is 24.0. The maximum absolute atomic E-state index is 12.3. The van der Waals surface area contributed by atoms with Gasteiger partial charge >= 0.3 is 0 Å². The standard InChI is InChI=1S/C22H25ClF2N4O4/c1-13(30)11-32-22-19(23)20(27-12-28-22)29-8-7-17(10-29)33-16-5-3-15(4-6-16)14(2)21(31)26-9-18(24)25/h3-6,12,14,17-18H,7-11H2,1-2H3,(H,26,31). The van der Waals surface area contributed by atoms with Crippen molar-refractivity contribution in [2.24, 2.45) is 0 Å². The van der Waals surface area contributed by atoms with Crippen molar-refractivity contribution in [3.63, 3.8) is 0 Å². The monoisotopic (exact) mass is 482 g/mol. The van der Waals surface area contributed by atoms with Crippen LogP contribution in [0.1, 0.15) is 31.7 Å². The highest BCUT2D eigenvalue weighted by Gasteiger charge is 2.28. The summed E-state index contributed by atoms with van der Waals surface area (Å²) in [6.45, 7) is 3.48. The zero-order valence-electron chi connectivity index (χ0n) is 18.3. The Morgan fingerprint density at radius 1 is 1.27 bits per heavy atom. The first-order valence-electron chi connectivity index (χ1n) is 10.4. The second-order valence-corrected chi connectivity index (χ2v) is 8.09. The van der Waals surface area contributed by atoms with Gasteiger partial charge in [0.2, 0.25) is 11.8 Å². The van der Waals surface area contributed by atoms with Crippen LogP contribution >= 0.6 is 11.6 Å². The maximum atomic E-state index is 12.3. The van der Waals surface area contributed by atoms with Gasteiger partial charge in [-0.3, -0.25) is 9.59 Å². The summed E-state index contributed by atoms with van der Waals surface area (Å²) in [5.41, 5.74) is 0.702. The number of hydrogen-bond donors (Lipinski definition) is 1. The van der Waals surface area contributed by atoms with Crippen LogP contribution in [0, 0.1) is 0 Å². The number of alkyl halides is 2. The second kappa shape index (κ2) is 11.2. The van der Waals surface area contributed by atoms with E-state index >= 15 is 0 Å². The Bertz CT molecular complexity index is 977. The third kappa shape index (κ3) is 6.74. The summed E-state index contributed by atoms with van der Waals surface area (Å²) in [5.74, 6) is 0.141. The number of nitrogens with zero attached hydrogens (tertiary/aromatic N) is 3. The van der Waals surface area contributed by atoms with E-state index in [0.29, 0.717) is 30.2 Å². The van der Waals surface area contributed by atoms with E-state index in [2.05, 4.69) is 15.3 Å². The molecule has 1 aliphatic heterocycles. The lowest BCUT2D eigenvalue weighted by Crippen LogP contribution is -2.31. The van der Waals surface area contributed by atoms with E-state index in [1.807, 2.05) is 4.90 Å². The summed E-state index contributed by atoms with van der Waals surface area (Å²) in [5, 5.41) is 2.46. The Balaban J connectivity index is 1.57. The first-order valence-corrected chi connectivity index (χ1v) is 10.8. The van der Waals surface area contributed by atoms with Crippen molar-refractivity contribution in [2.75, 3.05) is 31.1 Å². The number of rotatable bonds is 10. The highest BCUT2D eigenvalue weighted by Crippen LogP contribution is 2.33. The molecular weight excluding hydrogens is 458 g/mol. The number of anilines is 1. The molecule has 0 radical (unpaired) electrons. The van der Waals surface area contributed by atoms with Gasteiger partial charge in [-0.25, -0.2) is 18.7 Å². The van der Waals surface area contributed by atoms with Crippen LogP contribution in [0.4, 0.5) is 14.6 Å². The van der Waals surface area contributed by atoms with Crippen LogP contribution in [0.25, 0.3) is 0 Å². The van der Waals surface area contributed by atoms with Crippen molar-refractivity contribution in [1.82, 2.24) is 15.3 Å². The summed E-state index contributed by atoms with van der Waals surface area (Å²) in [7, 11) is 0. The van der Waals surface area contributed by atoms with Gasteiger partial charge in [0.1, 0.15) is 29.8 Å². The first-order chi connectivity index (χ1) is 15.7. The average Bonchev–Trinajstić information content (AvgIpc) is 3.24. The van der Waals surface area contributed by atoms with Crippen molar-refractivity contribution < 1.29 is 27.8 Å². The van der Waals surface area contributed by atoms with E-state index in [0.717, 1.165) is 6.42 Å². The molecule has 0 bridgehead atoms. The number of ketones is 1. The molecule has 1 aromatic carbocycles. The van der Waals surface area contributed by atoms with Crippen molar-refractivity contribution in [3.05, 3.63) is 41.2 Å². The fourth-order valence-electron chi connectivity index (χ4n) is 3.36. The van der Waals surface area contributed by atoms with Crippen molar-refractivity contribution in [3.8, 4) is 11.6 Å². The van der Waals surface area contributed by atoms with Crippen LogP contribution in [0.5, 0.6) is 11.6 Å². The van der Waals surface area contributed by atoms with E-state index in [1.165, 1.54) is 13.3 Å². The minimum Gasteiger partial charge on any atom is -0.489 e. The molecule has 8 nitrogen and oxygen atoms in total. The van der Waals surface area contributed by atoms with E-state index in [-0.39, 0.29) is 29.4 Å². The number of aromatic nitrogens is 2. The van der Waals surface area contributed by atoms with Gasteiger partial charge in [-0.1, -0.05) is 23.7 Å². The quantitative estimate of drug-likeness (QED) is 0.555. The van der Waals surface area contributed by atoms with E-state index in [1.54, 1.807) is 31.2 Å². The Morgan fingerprint density at radius 2 is 2.00 bits per heavy atom. The normalized spacial score (nSPS) is 16.5. The van der Waals surface area contributed by atoms with Gasteiger partial charge in [0, 0.05) is 13.0 Å². The summed E-state index contributed by atoms with van der Waals surface area (Å²) < 4.78 is 35.9. The SMILES string of the molecule is CC(=O)COc1ncnc(N2CCC(Oc3ccc(C(C)C(=O)NCC(F)F)cc3)C2)c1Cl. The number of hydrogen-bond acceptors (Lipinski definition) is 7. The number of benzene rings is 1. The van der Waals surface area contributed by atoms with Gasteiger partial charge in [-0.05, 0) is 31.5 Å². The topological polar surface area (TPSA) is 93.7 Å². The number of carbonyl (C=O) groups excluding carboxylic acids is 2. The van der Waals surface area contributed by atoms with Gasteiger partial charge in [-0.2, -0.15) is 0 Å². The molecule has 1 N–H and O–H groups in total. The smallest absolute Gasteiger partial charge is 0.255 e. The Morgan fingerprint density at radius 3 is 2.67 bits per heavy atom. The zero-order valence-corrected chi connectivity index (χ0v) is 19.0. The highest BCUT2D eigenvalue weighted by molar-refractivity contribution is 6.34. The van der Waals surface area contributed by atoms with Crippen LogP contribution in [-0.2, 0) is 9.59 Å². The minimum absolute atomic E-state index is 0.116. The molecule has 33 heavy (non-hydrogen) atoms. The molecule has 1 aliphatic rings. The van der Waals surface area contributed by atoms with Gasteiger partial charge in [0.05, 0.1) is 19.0 Å². The molecule has 2 unspecified atom stereocenters. The van der Waals surface area contributed by atoms with E-state index < -0.39 is 24.8 Å². The summed E-state index contributed by atoms with van der Waals surface area (Å²) in [4.78, 5) is 33.3.